The summed E-state index contributed by atoms with van der Waals surface area (Å²) in [6.45, 7) is 2.18. The number of nitrogens with one attached hydrogen (secondary N) is 1. The largest absolute Gasteiger partial charge is 0.459 e. The lowest BCUT2D eigenvalue weighted by molar-refractivity contribution is -0.123. The van der Waals surface area contributed by atoms with Crippen LogP contribution >= 0.6 is 0 Å². The highest BCUT2D eigenvalue weighted by atomic mass is 19.1. The lowest BCUT2D eigenvalue weighted by atomic mass is 10.1. The number of hydrogen-bond acceptors (Lipinski definition) is 4. The van der Waals surface area contributed by atoms with E-state index in [-0.39, 0.29) is 24.9 Å². The van der Waals surface area contributed by atoms with Gasteiger partial charge in [-0.05, 0) is 25.1 Å². The maximum Gasteiger partial charge on any atom is 0.239 e. The van der Waals surface area contributed by atoms with Crippen LogP contribution in [0.1, 0.15) is 11.3 Å². The van der Waals surface area contributed by atoms with Gasteiger partial charge in [-0.1, -0.05) is 0 Å². The molecule has 0 saturated carbocycles. The van der Waals surface area contributed by atoms with Crippen molar-refractivity contribution in [2.45, 2.75) is 19.5 Å². The Hall–Kier alpha value is -1.92. The molecule has 1 amide bonds. The molecule has 0 fully saturated rings. The first-order valence-electron chi connectivity index (χ1n) is 6.22. The lowest BCUT2D eigenvalue weighted by Crippen LogP contribution is -2.43. The van der Waals surface area contributed by atoms with Crippen molar-refractivity contribution in [2.75, 3.05) is 13.7 Å². The maximum absolute atomic E-state index is 13.2. The van der Waals surface area contributed by atoms with Gasteiger partial charge in [-0.2, -0.15) is 0 Å². The number of furan rings is 1. The normalized spacial score (nSPS) is 12.6. The van der Waals surface area contributed by atoms with Crippen LogP contribution in [-0.2, 0) is 16.1 Å². The van der Waals surface area contributed by atoms with Crippen LogP contribution in [0.3, 0.4) is 0 Å². The Morgan fingerprint density at radius 2 is 2.30 bits per heavy atom. The minimum absolute atomic E-state index is 0.149. The summed E-state index contributed by atoms with van der Waals surface area (Å²) in [5, 5.41) is 3.37. The van der Waals surface area contributed by atoms with Gasteiger partial charge in [-0.15, -0.1) is 0 Å². The minimum atomic E-state index is -0.720. The second kappa shape index (κ2) is 6.02. The summed E-state index contributed by atoms with van der Waals surface area (Å²) in [6.07, 6.45) is 0. The van der Waals surface area contributed by atoms with E-state index in [1.165, 1.54) is 19.2 Å². The molecule has 2 aromatic rings. The van der Waals surface area contributed by atoms with Gasteiger partial charge in [0.05, 0.1) is 13.2 Å². The lowest BCUT2D eigenvalue weighted by Gasteiger charge is -2.10. The Bertz CT molecular complexity index is 624. The zero-order chi connectivity index (χ0) is 14.7. The second-order valence-electron chi connectivity index (χ2n) is 4.57. The molecule has 6 heteroatoms. The molecule has 3 N–H and O–H groups in total. The molecule has 1 aromatic heterocycles. The Labute approximate surface area is 115 Å². The van der Waals surface area contributed by atoms with Gasteiger partial charge in [0, 0.05) is 18.1 Å². The number of carbonyl (C=O) groups excluding carboxylic acids is 1. The van der Waals surface area contributed by atoms with E-state index in [9.17, 15) is 9.18 Å². The van der Waals surface area contributed by atoms with Gasteiger partial charge in [0.25, 0.3) is 0 Å². The summed E-state index contributed by atoms with van der Waals surface area (Å²) in [7, 11) is 1.48. The van der Waals surface area contributed by atoms with E-state index in [0.29, 0.717) is 16.7 Å². The number of rotatable bonds is 5. The summed E-state index contributed by atoms with van der Waals surface area (Å²) in [6, 6.07) is 3.60. The van der Waals surface area contributed by atoms with E-state index in [0.717, 1.165) is 5.56 Å². The van der Waals surface area contributed by atoms with Crippen LogP contribution in [-0.4, -0.2) is 25.7 Å². The number of hydrogen-bond donors (Lipinski definition) is 2. The zero-order valence-corrected chi connectivity index (χ0v) is 11.4. The van der Waals surface area contributed by atoms with Crippen molar-refractivity contribution >= 4 is 16.9 Å². The van der Waals surface area contributed by atoms with E-state index in [1.54, 1.807) is 6.07 Å². The zero-order valence-electron chi connectivity index (χ0n) is 11.4. The highest BCUT2D eigenvalue weighted by molar-refractivity contribution is 5.83. The van der Waals surface area contributed by atoms with Crippen LogP contribution in [0.4, 0.5) is 4.39 Å². The third kappa shape index (κ3) is 2.97. The summed E-state index contributed by atoms with van der Waals surface area (Å²) in [5.74, 6) is -0.0550. The quantitative estimate of drug-likeness (QED) is 0.869. The van der Waals surface area contributed by atoms with Crippen molar-refractivity contribution in [1.29, 1.82) is 0 Å². The standard InChI is InChI=1S/C14H17FN2O3/c1-8-10-5-9(15)3-4-12(10)20-13(8)6-17-14(18)11(16)7-19-2/h3-5,11H,6-7,16H2,1-2H3,(H,17,18). The van der Waals surface area contributed by atoms with Crippen molar-refractivity contribution in [3.8, 4) is 0 Å². The summed E-state index contributed by atoms with van der Waals surface area (Å²) >= 11 is 0. The number of methoxy groups -OCH3 is 1. The fraction of sp³-hybridized carbons (Fsp3) is 0.357. The molecule has 0 bridgehead atoms. The summed E-state index contributed by atoms with van der Waals surface area (Å²) in [4.78, 5) is 11.7. The Balaban J connectivity index is 2.10. The highest BCUT2D eigenvalue weighted by Crippen LogP contribution is 2.25. The molecule has 0 saturated heterocycles. The van der Waals surface area contributed by atoms with Crippen LogP contribution in [0, 0.1) is 12.7 Å². The molecule has 5 nitrogen and oxygen atoms in total. The second-order valence-corrected chi connectivity index (χ2v) is 4.57. The molecule has 0 aliphatic heterocycles. The number of halogens is 1. The SMILES string of the molecule is COCC(N)C(=O)NCc1oc2ccc(F)cc2c1C. The molecule has 1 heterocycles. The highest BCUT2D eigenvalue weighted by Gasteiger charge is 2.15. The summed E-state index contributed by atoms with van der Waals surface area (Å²) in [5.41, 5.74) is 7.01. The Kier molecular flexibility index (Phi) is 4.36. The van der Waals surface area contributed by atoms with E-state index in [4.69, 9.17) is 14.9 Å². The van der Waals surface area contributed by atoms with E-state index in [1.807, 2.05) is 6.92 Å². The molecule has 0 radical (unpaired) electrons. The molecule has 1 aromatic carbocycles. The van der Waals surface area contributed by atoms with E-state index >= 15 is 0 Å². The Morgan fingerprint density at radius 1 is 1.55 bits per heavy atom. The molecule has 2 rings (SSSR count). The number of aryl methyl sites for hydroxylation is 1. The van der Waals surface area contributed by atoms with Crippen molar-refractivity contribution in [1.82, 2.24) is 5.32 Å². The molecule has 1 unspecified atom stereocenters. The minimum Gasteiger partial charge on any atom is -0.459 e. The van der Waals surface area contributed by atoms with Crippen molar-refractivity contribution in [2.24, 2.45) is 5.73 Å². The average molecular weight is 280 g/mol. The molecule has 0 aliphatic rings. The fourth-order valence-electron chi connectivity index (χ4n) is 1.97. The van der Waals surface area contributed by atoms with Crippen molar-refractivity contribution < 1.29 is 18.3 Å². The van der Waals surface area contributed by atoms with Gasteiger partial charge in [-0.25, -0.2) is 4.39 Å². The third-order valence-electron chi connectivity index (χ3n) is 3.10. The van der Waals surface area contributed by atoms with Gasteiger partial charge in [0.15, 0.2) is 0 Å². The van der Waals surface area contributed by atoms with Crippen LogP contribution in [0.5, 0.6) is 0 Å². The van der Waals surface area contributed by atoms with Crippen molar-refractivity contribution in [3.05, 3.63) is 35.3 Å². The van der Waals surface area contributed by atoms with Gasteiger partial charge in [0.2, 0.25) is 5.91 Å². The third-order valence-corrected chi connectivity index (χ3v) is 3.10. The first-order chi connectivity index (χ1) is 9.52. The molecule has 0 spiro atoms. The number of ether oxygens (including phenoxy) is 1. The first kappa shape index (κ1) is 14.5. The van der Waals surface area contributed by atoms with Gasteiger partial charge in [0.1, 0.15) is 23.2 Å². The molecule has 0 aliphatic carbocycles. The first-order valence-corrected chi connectivity index (χ1v) is 6.22. The number of fused-ring (bicyclic) bond motifs is 1. The fourth-order valence-corrected chi connectivity index (χ4v) is 1.97. The maximum atomic E-state index is 13.2. The molecule has 108 valence electrons. The molecule has 20 heavy (non-hydrogen) atoms. The number of benzene rings is 1. The molecule has 1 atom stereocenters. The van der Waals surface area contributed by atoms with Crippen LogP contribution < -0.4 is 11.1 Å². The van der Waals surface area contributed by atoms with Crippen LogP contribution in [0.15, 0.2) is 22.6 Å². The van der Waals surface area contributed by atoms with Crippen LogP contribution in [0.2, 0.25) is 0 Å². The van der Waals surface area contributed by atoms with E-state index < -0.39 is 6.04 Å². The predicted molar refractivity (Wildman–Crippen MR) is 72.6 cm³/mol. The average Bonchev–Trinajstić information content (AvgIpc) is 2.73. The van der Waals surface area contributed by atoms with Crippen molar-refractivity contribution in [3.63, 3.8) is 0 Å². The monoisotopic (exact) mass is 280 g/mol. The number of nitrogens with two attached hydrogens (primary N) is 1. The van der Waals surface area contributed by atoms with Gasteiger partial charge >= 0.3 is 0 Å². The predicted octanol–water partition coefficient (Wildman–Crippen LogP) is 1.47. The van der Waals surface area contributed by atoms with Gasteiger partial charge < -0.3 is 20.2 Å². The van der Waals surface area contributed by atoms with Crippen LogP contribution in [0.25, 0.3) is 11.0 Å². The number of amides is 1. The molecular formula is C14H17FN2O3. The summed E-state index contributed by atoms with van der Waals surface area (Å²) < 4.78 is 23.6. The smallest absolute Gasteiger partial charge is 0.239 e. The topological polar surface area (TPSA) is 77.5 Å². The Morgan fingerprint density at radius 3 is 3.00 bits per heavy atom. The van der Waals surface area contributed by atoms with Gasteiger partial charge in [-0.3, -0.25) is 4.79 Å². The molecular weight excluding hydrogens is 263 g/mol. The van der Waals surface area contributed by atoms with E-state index in [2.05, 4.69) is 5.32 Å². The number of carbonyl (C=O) groups is 1.